The van der Waals surface area contributed by atoms with Gasteiger partial charge in [-0.2, -0.15) is 5.10 Å². The zero-order valence-electron chi connectivity index (χ0n) is 13.3. The van der Waals surface area contributed by atoms with E-state index in [2.05, 4.69) is 10.4 Å². The van der Waals surface area contributed by atoms with Gasteiger partial charge in [-0.25, -0.2) is 4.68 Å². The van der Waals surface area contributed by atoms with Gasteiger partial charge in [0.15, 0.2) is 0 Å². The number of hydrogen-bond acceptors (Lipinski definition) is 3. The van der Waals surface area contributed by atoms with Crippen LogP contribution in [0.1, 0.15) is 11.3 Å². The van der Waals surface area contributed by atoms with Gasteiger partial charge in [0.2, 0.25) is 5.91 Å². The fourth-order valence-electron chi connectivity index (χ4n) is 2.47. The number of fused-ring (bicyclic) bond motifs is 1. The second-order valence-corrected chi connectivity index (χ2v) is 5.38. The summed E-state index contributed by atoms with van der Waals surface area (Å²) < 4.78 is 1.30. The summed E-state index contributed by atoms with van der Waals surface area (Å²) in [7, 11) is 1.61. The average Bonchev–Trinajstić information content (AvgIpc) is 2.62. The quantitative estimate of drug-likeness (QED) is 0.750. The summed E-state index contributed by atoms with van der Waals surface area (Å²) in [6, 6.07) is 16.9. The van der Waals surface area contributed by atoms with Crippen LogP contribution in [-0.4, -0.2) is 15.7 Å². The number of benzene rings is 2. The van der Waals surface area contributed by atoms with Gasteiger partial charge >= 0.3 is 0 Å². The largest absolute Gasteiger partial charge is 0.347 e. The highest BCUT2D eigenvalue weighted by molar-refractivity contribution is 5.92. The van der Waals surface area contributed by atoms with Crippen LogP contribution in [0.5, 0.6) is 0 Å². The van der Waals surface area contributed by atoms with Gasteiger partial charge in [-0.1, -0.05) is 48.5 Å². The smallest absolute Gasteiger partial charge is 0.274 e. The van der Waals surface area contributed by atoms with Crippen LogP contribution in [0.4, 0.5) is 0 Å². The zero-order valence-corrected chi connectivity index (χ0v) is 13.3. The lowest BCUT2D eigenvalue weighted by Crippen LogP contribution is -2.26. The molecule has 3 aromatic rings. The molecule has 0 aliphatic rings. The van der Waals surface area contributed by atoms with Gasteiger partial charge in [-0.3, -0.25) is 9.59 Å². The predicted molar refractivity (Wildman–Crippen MR) is 94.3 cm³/mol. The average molecular weight is 319 g/mol. The van der Waals surface area contributed by atoms with Gasteiger partial charge in [0, 0.05) is 18.5 Å². The van der Waals surface area contributed by atoms with E-state index in [4.69, 9.17) is 0 Å². The molecule has 0 spiro atoms. The first-order chi connectivity index (χ1) is 11.6. The van der Waals surface area contributed by atoms with Gasteiger partial charge in [-0.15, -0.1) is 0 Å². The lowest BCUT2D eigenvalue weighted by Gasteiger charge is -2.08. The summed E-state index contributed by atoms with van der Waals surface area (Å²) >= 11 is 0. The predicted octanol–water partition coefficient (Wildman–Crippen LogP) is 2.26. The molecule has 0 radical (unpaired) electrons. The third-order valence-corrected chi connectivity index (χ3v) is 3.69. The van der Waals surface area contributed by atoms with Crippen LogP contribution >= 0.6 is 0 Å². The Balaban J connectivity index is 1.76. The van der Waals surface area contributed by atoms with Crippen LogP contribution in [0.15, 0.2) is 65.5 Å². The molecule has 0 fully saturated rings. The standard InChI is InChI=1S/C19H17N3O2/c1-22-19(24)16-10-6-5-9-15(16)17(21-22)13-20-18(23)12-11-14-7-3-2-4-8-14/h2-12H,13H2,1H3,(H,20,23)/b12-11+. The van der Waals surface area contributed by atoms with Crippen LogP contribution in [0.25, 0.3) is 16.8 Å². The molecule has 0 saturated heterocycles. The molecule has 1 heterocycles. The molecule has 120 valence electrons. The second kappa shape index (κ2) is 6.91. The Morgan fingerprint density at radius 1 is 1.08 bits per heavy atom. The van der Waals surface area contributed by atoms with E-state index in [0.717, 1.165) is 10.9 Å². The van der Waals surface area contributed by atoms with E-state index >= 15 is 0 Å². The van der Waals surface area contributed by atoms with Crippen LogP contribution in [0, 0.1) is 0 Å². The van der Waals surface area contributed by atoms with Crippen molar-refractivity contribution in [1.29, 1.82) is 0 Å². The van der Waals surface area contributed by atoms with E-state index < -0.39 is 0 Å². The number of amides is 1. The number of hydrogen-bond donors (Lipinski definition) is 1. The minimum Gasteiger partial charge on any atom is -0.347 e. The highest BCUT2D eigenvalue weighted by Gasteiger charge is 2.08. The van der Waals surface area contributed by atoms with Crippen LogP contribution in [-0.2, 0) is 18.4 Å². The second-order valence-electron chi connectivity index (χ2n) is 5.38. The molecule has 0 aliphatic carbocycles. The van der Waals surface area contributed by atoms with E-state index in [-0.39, 0.29) is 18.0 Å². The molecule has 0 saturated carbocycles. The molecule has 0 atom stereocenters. The van der Waals surface area contributed by atoms with Crippen molar-refractivity contribution < 1.29 is 4.79 Å². The molecular formula is C19H17N3O2. The molecule has 1 N–H and O–H groups in total. The van der Waals surface area contributed by atoms with E-state index in [1.54, 1.807) is 19.2 Å². The normalized spacial score (nSPS) is 11.0. The Morgan fingerprint density at radius 2 is 1.75 bits per heavy atom. The first kappa shape index (κ1) is 15.7. The Labute approximate surface area is 139 Å². The van der Waals surface area contributed by atoms with Crippen molar-refractivity contribution in [1.82, 2.24) is 15.1 Å². The summed E-state index contributed by atoms with van der Waals surface area (Å²) in [6.45, 7) is 0.257. The van der Waals surface area contributed by atoms with Gasteiger partial charge in [0.05, 0.1) is 17.6 Å². The molecule has 24 heavy (non-hydrogen) atoms. The molecule has 5 nitrogen and oxygen atoms in total. The first-order valence-corrected chi connectivity index (χ1v) is 7.61. The van der Waals surface area contributed by atoms with Crippen molar-refractivity contribution in [3.8, 4) is 0 Å². The number of aryl methyl sites for hydroxylation is 1. The summed E-state index contributed by atoms with van der Waals surface area (Å²) in [4.78, 5) is 24.1. The number of nitrogens with one attached hydrogen (secondary N) is 1. The molecule has 1 amide bonds. The summed E-state index contributed by atoms with van der Waals surface area (Å²) in [5.41, 5.74) is 1.47. The summed E-state index contributed by atoms with van der Waals surface area (Å²) in [5.74, 6) is -0.210. The van der Waals surface area contributed by atoms with E-state index in [1.807, 2.05) is 48.5 Å². The fourth-order valence-corrected chi connectivity index (χ4v) is 2.47. The molecule has 0 bridgehead atoms. The molecule has 5 heteroatoms. The van der Waals surface area contributed by atoms with Crippen molar-refractivity contribution in [2.75, 3.05) is 0 Å². The Kier molecular flexibility index (Phi) is 4.52. The monoisotopic (exact) mass is 319 g/mol. The minimum absolute atomic E-state index is 0.148. The third-order valence-electron chi connectivity index (χ3n) is 3.69. The third kappa shape index (κ3) is 3.41. The zero-order chi connectivity index (χ0) is 16.9. The number of carbonyl (C=O) groups is 1. The van der Waals surface area contributed by atoms with Crippen molar-refractivity contribution in [3.05, 3.63) is 82.3 Å². The maximum absolute atomic E-state index is 12.1. The lowest BCUT2D eigenvalue weighted by atomic mass is 10.1. The van der Waals surface area contributed by atoms with Gasteiger partial charge in [0.1, 0.15) is 0 Å². The SMILES string of the molecule is Cn1nc(CNC(=O)/C=C/c2ccccc2)c2ccccc2c1=O. The summed E-state index contributed by atoms with van der Waals surface area (Å²) in [5, 5.41) is 8.41. The number of rotatable bonds is 4. The van der Waals surface area contributed by atoms with Crippen molar-refractivity contribution in [2.24, 2.45) is 7.05 Å². The van der Waals surface area contributed by atoms with Crippen LogP contribution in [0.2, 0.25) is 0 Å². The minimum atomic E-state index is -0.210. The molecule has 1 aromatic heterocycles. The van der Waals surface area contributed by atoms with Crippen molar-refractivity contribution >= 4 is 22.8 Å². The number of carbonyl (C=O) groups excluding carboxylic acids is 1. The van der Waals surface area contributed by atoms with Crippen molar-refractivity contribution in [3.63, 3.8) is 0 Å². The number of nitrogens with zero attached hydrogens (tertiary/aromatic N) is 2. The number of aromatic nitrogens is 2. The van der Waals surface area contributed by atoms with Crippen molar-refractivity contribution in [2.45, 2.75) is 6.54 Å². The van der Waals surface area contributed by atoms with Gasteiger partial charge in [0.25, 0.3) is 5.56 Å². The first-order valence-electron chi connectivity index (χ1n) is 7.61. The molecule has 3 rings (SSSR count). The highest BCUT2D eigenvalue weighted by Crippen LogP contribution is 2.12. The Morgan fingerprint density at radius 3 is 2.50 bits per heavy atom. The maximum Gasteiger partial charge on any atom is 0.274 e. The Bertz CT molecular complexity index is 959. The van der Waals surface area contributed by atoms with Crippen LogP contribution in [0.3, 0.4) is 0 Å². The fraction of sp³-hybridized carbons (Fsp3) is 0.105. The van der Waals surface area contributed by atoms with E-state index in [1.165, 1.54) is 10.8 Å². The molecule has 0 unspecified atom stereocenters. The molecule has 0 aliphatic heterocycles. The maximum atomic E-state index is 12.1. The molecule has 2 aromatic carbocycles. The molecular weight excluding hydrogens is 302 g/mol. The van der Waals surface area contributed by atoms with Gasteiger partial charge < -0.3 is 5.32 Å². The Hall–Kier alpha value is -3.21. The van der Waals surface area contributed by atoms with Crippen LogP contribution < -0.4 is 10.9 Å². The van der Waals surface area contributed by atoms with E-state index in [9.17, 15) is 9.59 Å². The van der Waals surface area contributed by atoms with E-state index in [0.29, 0.717) is 11.1 Å². The summed E-state index contributed by atoms with van der Waals surface area (Å²) in [6.07, 6.45) is 3.24. The highest BCUT2D eigenvalue weighted by atomic mass is 16.1. The van der Waals surface area contributed by atoms with Gasteiger partial charge in [-0.05, 0) is 17.7 Å². The lowest BCUT2D eigenvalue weighted by molar-refractivity contribution is -0.116. The topological polar surface area (TPSA) is 64.0 Å².